The van der Waals surface area contributed by atoms with E-state index >= 15 is 0 Å². The molecule has 1 rings (SSSR count). The first-order chi connectivity index (χ1) is 12.0. The number of amides is 2. The van der Waals surface area contributed by atoms with Gasteiger partial charge in [-0.05, 0) is 25.3 Å². The quantitative estimate of drug-likeness (QED) is 0.444. The van der Waals surface area contributed by atoms with Crippen LogP contribution in [0.25, 0.3) is 0 Å². The molecule has 0 aliphatic carbocycles. The summed E-state index contributed by atoms with van der Waals surface area (Å²) in [4.78, 5) is 24.4. The second-order valence-corrected chi connectivity index (χ2v) is 6.16. The van der Waals surface area contributed by atoms with Crippen LogP contribution in [0.5, 0.6) is 0 Å². The number of aliphatic hydroxyl groups is 2. The summed E-state index contributed by atoms with van der Waals surface area (Å²) >= 11 is 0. The lowest BCUT2D eigenvalue weighted by Crippen LogP contribution is -2.42. The van der Waals surface area contributed by atoms with Gasteiger partial charge in [0.25, 0.3) is 0 Å². The number of rotatable bonds is 11. The van der Waals surface area contributed by atoms with Gasteiger partial charge in [0.05, 0.1) is 24.7 Å². The molecule has 3 atom stereocenters. The van der Waals surface area contributed by atoms with Crippen LogP contribution in [0.4, 0.5) is 0 Å². The van der Waals surface area contributed by atoms with Gasteiger partial charge in [-0.3, -0.25) is 9.59 Å². The topological polar surface area (TPSA) is 98.7 Å². The van der Waals surface area contributed by atoms with Crippen LogP contribution in [0, 0.1) is 5.92 Å². The second-order valence-electron chi connectivity index (χ2n) is 6.16. The SMILES string of the molecule is C=CCC(CC(=O)NC(CO)Cc1ccccc1)C(=O)NCC(C)O. The van der Waals surface area contributed by atoms with E-state index in [1.54, 1.807) is 13.0 Å². The molecule has 0 aliphatic rings. The van der Waals surface area contributed by atoms with Gasteiger partial charge in [0.2, 0.25) is 11.8 Å². The molecule has 0 heterocycles. The molecular formula is C19H28N2O4. The number of hydrogen-bond donors (Lipinski definition) is 4. The molecule has 0 saturated carbocycles. The van der Waals surface area contributed by atoms with Crippen molar-refractivity contribution < 1.29 is 19.8 Å². The fourth-order valence-electron chi connectivity index (χ4n) is 2.45. The molecule has 6 heteroatoms. The van der Waals surface area contributed by atoms with Crippen molar-refractivity contribution in [3.05, 3.63) is 48.6 Å². The molecule has 3 unspecified atom stereocenters. The largest absolute Gasteiger partial charge is 0.394 e. The molecule has 0 aromatic heterocycles. The van der Waals surface area contributed by atoms with Crippen LogP contribution in [0.15, 0.2) is 43.0 Å². The van der Waals surface area contributed by atoms with Crippen LogP contribution < -0.4 is 10.6 Å². The Hall–Kier alpha value is -2.18. The highest BCUT2D eigenvalue weighted by Gasteiger charge is 2.22. The van der Waals surface area contributed by atoms with Crippen molar-refractivity contribution in [2.24, 2.45) is 5.92 Å². The van der Waals surface area contributed by atoms with Gasteiger partial charge in [0.1, 0.15) is 0 Å². The molecule has 6 nitrogen and oxygen atoms in total. The molecule has 25 heavy (non-hydrogen) atoms. The Kier molecular flexibility index (Phi) is 9.50. The zero-order chi connectivity index (χ0) is 18.7. The zero-order valence-corrected chi connectivity index (χ0v) is 14.6. The van der Waals surface area contributed by atoms with E-state index in [1.165, 1.54) is 0 Å². The predicted molar refractivity (Wildman–Crippen MR) is 96.8 cm³/mol. The number of nitrogens with one attached hydrogen (secondary N) is 2. The first-order valence-corrected chi connectivity index (χ1v) is 8.47. The molecule has 4 N–H and O–H groups in total. The summed E-state index contributed by atoms with van der Waals surface area (Å²) in [5.41, 5.74) is 1.01. The minimum absolute atomic E-state index is 0.00293. The van der Waals surface area contributed by atoms with E-state index in [4.69, 9.17) is 0 Å². The summed E-state index contributed by atoms with van der Waals surface area (Å²) < 4.78 is 0. The molecule has 0 aliphatic heterocycles. The number of carbonyl (C=O) groups excluding carboxylic acids is 2. The van der Waals surface area contributed by atoms with Crippen molar-refractivity contribution in [2.45, 2.75) is 38.3 Å². The van der Waals surface area contributed by atoms with Gasteiger partial charge in [0.15, 0.2) is 0 Å². The van der Waals surface area contributed by atoms with Crippen molar-refractivity contribution in [2.75, 3.05) is 13.2 Å². The Morgan fingerprint density at radius 1 is 1.28 bits per heavy atom. The van der Waals surface area contributed by atoms with Crippen LogP contribution in [-0.2, 0) is 16.0 Å². The highest BCUT2D eigenvalue weighted by molar-refractivity contribution is 5.86. The van der Waals surface area contributed by atoms with Gasteiger partial charge in [-0.25, -0.2) is 0 Å². The third-order valence-electron chi connectivity index (χ3n) is 3.74. The van der Waals surface area contributed by atoms with Crippen LogP contribution in [-0.4, -0.2) is 47.3 Å². The summed E-state index contributed by atoms with van der Waals surface area (Å²) in [5, 5.41) is 24.1. The summed E-state index contributed by atoms with van der Waals surface area (Å²) in [6.45, 7) is 5.15. The lowest BCUT2D eigenvalue weighted by Gasteiger charge is -2.19. The average molecular weight is 348 g/mol. The van der Waals surface area contributed by atoms with Crippen LogP contribution >= 0.6 is 0 Å². The van der Waals surface area contributed by atoms with Crippen LogP contribution in [0.2, 0.25) is 0 Å². The zero-order valence-electron chi connectivity index (χ0n) is 14.6. The van der Waals surface area contributed by atoms with E-state index in [9.17, 15) is 19.8 Å². The number of allylic oxidation sites excluding steroid dienone is 1. The van der Waals surface area contributed by atoms with Gasteiger partial charge in [-0.15, -0.1) is 6.58 Å². The third kappa shape index (κ3) is 8.47. The van der Waals surface area contributed by atoms with E-state index in [0.29, 0.717) is 12.8 Å². The first-order valence-electron chi connectivity index (χ1n) is 8.47. The van der Waals surface area contributed by atoms with Crippen LogP contribution in [0.1, 0.15) is 25.3 Å². The van der Waals surface area contributed by atoms with Gasteiger partial charge in [-0.1, -0.05) is 36.4 Å². The van der Waals surface area contributed by atoms with E-state index in [1.807, 2.05) is 30.3 Å². The number of carbonyl (C=O) groups is 2. The fourth-order valence-corrected chi connectivity index (χ4v) is 2.45. The van der Waals surface area contributed by atoms with Gasteiger partial charge in [0, 0.05) is 13.0 Å². The Morgan fingerprint density at radius 3 is 2.52 bits per heavy atom. The Labute approximate surface area is 148 Å². The van der Waals surface area contributed by atoms with E-state index < -0.39 is 18.1 Å². The van der Waals surface area contributed by atoms with E-state index in [-0.39, 0.29) is 31.4 Å². The maximum atomic E-state index is 12.2. The van der Waals surface area contributed by atoms with E-state index in [0.717, 1.165) is 5.56 Å². The van der Waals surface area contributed by atoms with Crippen molar-refractivity contribution in [1.29, 1.82) is 0 Å². The predicted octanol–water partition coefficient (Wildman–Crippen LogP) is 0.786. The monoisotopic (exact) mass is 348 g/mol. The second kappa shape index (κ2) is 11.4. The molecule has 1 aromatic rings. The number of aliphatic hydroxyl groups excluding tert-OH is 2. The Balaban J connectivity index is 2.56. The molecule has 138 valence electrons. The number of hydrogen-bond acceptors (Lipinski definition) is 4. The Morgan fingerprint density at radius 2 is 1.96 bits per heavy atom. The first kappa shape index (κ1) is 20.9. The Bertz CT molecular complexity index is 546. The lowest BCUT2D eigenvalue weighted by atomic mass is 9.99. The van der Waals surface area contributed by atoms with Crippen molar-refractivity contribution in [3.63, 3.8) is 0 Å². The summed E-state index contributed by atoms with van der Waals surface area (Å²) in [5.74, 6) is -1.14. The average Bonchev–Trinajstić information content (AvgIpc) is 2.59. The van der Waals surface area contributed by atoms with E-state index in [2.05, 4.69) is 17.2 Å². The van der Waals surface area contributed by atoms with Gasteiger partial charge < -0.3 is 20.8 Å². The molecule has 0 radical (unpaired) electrons. The fraction of sp³-hybridized carbons (Fsp3) is 0.474. The summed E-state index contributed by atoms with van der Waals surface area (Å²) in [6.07, 6.45) is 1.83. The summed E-state index contributed by atoms with van der Waals surface area (Å²) in [7, 11) is 0. The lowest BCUT2D eigenvalue weighted by molar-refractivity contribution is -0.130. The molecular weight excluding hydrogens is 320 g/mol. The van der Waals surface area contributed by atoms with Crippen molar-refractivity contribution in [1.82, 2.24) is 10.6 Å². The highest BCUT2D eigenvalue weighted by Crippen LogP contribution is 2.11. The third-order valence-corrected chi connectivity index (χ3v) is 3.74. The van der Waals surface area contributed by atoms with Crippen LogP contribution in [0.3, 0.4) is 0 Å². The molecule has 0 fully saturated rings. The standard InChI is InChI=1S/C19H28N2O4/c1-3-7-16(19(25)20-12-14(2)23)11-18(24)21-17(13-22)10-15-8-5-4-6-9-15/h3-6,8-9,14,16-17,22-23H,1,7,10-13H2,2H3,(H,20,25)(H,21,24). The normalized spacial score (nSPS) is 14.2. The highest BCUT2D eigenvalue weighted by atomic mass is 16.3. The molecule has 0 saturated heterocycles. The minimum Gasteiger partial charge on any atom is -0.394 e. The maximum absolute atomic E-state index is 12.2. The van der Waals surface area contributed by atoms with Crippen molar-refractivity contribution >= 4 is 11.8 Å². The number of benzene rings is 1. The molecule has 0 bridgehead atoms. The summed E-state index contributed by atoms with van der Waals surface area (Å²) in [6, 6.07) is 9.16. The molecule has 2 amide bonds. The molecule has 0 spiro atoms. The van der Waals surface area contributed by atoms with Crippen molar-refractivity contribution in [3.8, 4) is 0 Å². The van der Waals surface area contributed by atoms with Gasteiger partial charge in [-0.2, -0.15) is 0 Å². The molecule has 1 aromatic carbocycles. The minimum atomic E-state index is -0.646. The smallest absolute Gasteiger partial charge is 0.224 e. The maximum Gasteiger partial charge on any atom is 0.224 e. The van der Waals surface area contributed by atoms with Gasteiger partial charge >= 0.3 is 0 Å².